The molecule has 0 aromatic heterocycles. The van der Waals surface area contributed by atoms with Crippen LogP contribution in [0.5, 0.6) is 0 Å². The Kier molecular flexibility index (Phi) is 6.87. The quantitative estimate of drug-likeness (QED) is 0.551. The number of carbonyl (C=O) groups is 1. The van der Waals surface area contributed by atoms with Crippen LogP contribution in [0.25, 0.3) is 0 Å². The smallest absolute Gasteiger partial charge is 0.224 e. The molecular weight excluding hydrogens is 228 g/mol. The Balaban J connectivity index is 2.12. The topological polar surface area (TPSA) is 64.3 Å². The number of hydrogen-bond donors (Lipinski definition) is 2. The van der Waals surface area contributed by atoms with Crippen LogP contribution >= 0.6 is 0 Å². The zero-order valence-corrected chi connectivity index (χ0v) is 10.9. The van der Waals surface area contributed by atoms with Crippen LogP contribution in [-0.4, -0.2) is 19.1 Å². The summed E-state index contributed by atoms with van der Waals surface area (Å²) in [5, 5.41) is 2.82. The van der Waals surface area contributed by atoms with Crippen LogP contribution in [0, 0.1) is 0 Å². The Hall–Kier alpha value is -1.55. The summed E-state index contributed by atoms with van der Waals surface area (Å²) in [6.45, 7) is 3.56. The minimum atomic E-state index is 0.0128. The van der Waals surface area contributed by atoms with Crippen molar-refractivity contribution in [2.24, 2.45) is 0 Å². The zero-order valence-electron chi connectivity index (χ0n) is 10.9. The van der Waals surface area contributed by atoms with Crippen molar-refractivity contribution in [3.63, 3.8) is 0 Å². The van der Waals surface area contributed by atoms with E-state index in [9.17, 15) is 4.79 Å². The molecule has 0 heterocycles. The first kappa shape index (κ1) is 14.5. The van der Waals surface area contributed by atoms with E-state index >= 15 is 0 Å². The third-order valence-corrected chi connectivity index (χ3v) is 2.53. The van der Waals surface area contributed by atoms with Crippen molar-refractivity contribution < 1.29 is 9.53 Å². The van der Waals surface area contributed by atoms with Gasteiger partial charge in [0.05, 0.1) is 0 Å². The second kappa shape index (κ2) is 8.53. The third-order valence-electron chi connectivity index (χ3n) is 2.53. The molecule has 3 N–H and O–H groups in total. The summed E-state index contributed by atoms with van der Waals surface area (Å²) in [4.78, 5) is 11.6. The van der Waals surface area contributed by atoms with E-state index in [2.05, 4.69) is 12.2 Å². The van der Waals surface area contributed by atoms with Gasteiger partial charge in [0, 0.05) is 31.0 Å². The number of nitrogens with one attached hydrogen (secondary N) is 1. The summed E-state index contributed by atoms with van der Waals surface area (Å²) in [5.74, 6) is 0.0128. The highest BCUT2D eigenvalue weighted by Gasteiger charge is 2.01. The molecule has 18 heavy (non-hydrogen) atoms. The van der Waals surface area contributed by atoms with Crippen LogP contribution in [0.2, 0.25) is 0 Å². The minimum Gasteiger partial charge on any atom is -0.399 e. The van der Waals surface area contributed by atoms with Gasteiger partial charge in [-0.2, -0.15) is 0 Å². The first-order valence-corrected chi connectivity index (χ1v) is 6.45. The van der Waals surface area contributed by atoms with Gasteiger partial charge in [-0.3, -0.25) is 4.79 Å². The monoisotopic (exact) mass is 250 g/mol. The highest BCUT2D eigenvalue weighted by atomic mass is 16.5. The molecule has 0 spiro atoms. The second-order valence-electron chi connectivity index (χ2n) is 4.24. The van der Waals surface area contributed by atoms with Crippen LogP contribution in [-0.2, 0) is 9.53 Å². The largest absolute Gasteiger partial charge is 0.399 e. The summed E-state index contributed by atoms with van der Waals surface area (Å²) >= 11 is 0. The Morgan fingerprint density at radius 1 is 1.22 bits per heavy atom. The lowest BCUT2D eigenvalue weighted by molar-refractivity contribution is -0.116. The van der Waals surface area contributed by atoms with Crippen LogP contribution in [0.3, 0.4) is 0 Å². The predicted octanol–water partition coefficient (Wildman–Crippen LogP) is 2.80. The number of ether oxygens (including phenoxy) is 1. The highest BCUT2D eigenvalue weighted by molar-refractivity contribution is 5.90. The van der Waals surface area contributed by atoms with Crippen molar-refractivity contribution in [2.75, 3.05) is 24.3 Å². The van der Waals surface area contributed by atoms with Crippen molar-refractivity contribution in [3.8, 4) is 0 Å². The van der Waals surface area contributed by atoms with E-state index in [1.54, 1.807) is 24.3 Å². The molecule has 100 valence electrons. The maximum Gasteiger partial charge on any atom is 0.224 e. The molecule has 0 aliphatic carbocycles. The number of unbranched alkanes of at least 4 members (excludes halogenated alkanes) is 1. The summed E-state index contributed by atoms with van der Waals surface area (Å²) < 4.78 is 5.39. The number of hydrogen-bond acceptors (Lipinski definition) is 3. The molecule has 0 aliphatic rings. The Bertz CT molecular complexity index is 349. The van der Waals surface area contributed by atoms with E-state index in [0.717, 1.165) is 31.6 Å². The number of nitrogen functional groups attached to an aromatic ring is 1. The molecule has 1 aromatic rings. The molecule has 0 unspecified atom stereocenters. The predicted molar refractivity (Wildman–Crippen MR) is 74.4 cm³/mol. The molecule has 4 nitrogen and oxygen atoms in total. The van der Waals surface area contributed by atoms with Gasteiger partial charge in [0.15, 0.2) is 0 Å². The lowest BCUT2D eigenvalue weighted by atomic mass is 10.2. The second-order valence-corrected chi connectivity index (χ2v) is 4.24. The molecule has 1 aromatic carbocycles. The van der Waals surface area contributed by atoms with E-state index in [4.69, 9.17) is 10.5 Å². The van der Waals surface area contributed by atoms with Gasteiger partial charge in [0.2, 0.25) is 5.91 Å². The van der Waals surface area contributed by atoms with E-state index in [1.807, 2.05) is 0 Å². The van der Waals surface area contributed by atoms with Gasteiger partial charge in [-0.05, 0) is 37.1 Å². The fourth-order valence-electron chi connectivity index (χ4n) is 1.47. The van der Waals surface area contributed by atoms with Gasteiger partial charge in [-0.15, -0.1) is 0 Å². The van der Waals surface area contributed by atoms with E-state index in [0.29, 0.717) is 18.7 Å². The van der Waals surface area contributed by atoms with Crippen molar-refractivity contribution >= 4 is 17.3 Å². The normalized spacial score (nSPS) is 10.3. The van der Waals surface area contributed by atoms with E-state index < -0.39 is 0 Å². The zero-order chi connectivity index (χ0) is 13.2. The lowest BCUT2D eigenvalue weighted by Gasteiger charge is -2.06. The number of nitrogens with two attached hydrogens (primary N) is 1. The molecule has 0 fully saturated rings. The Labute approximate surface area is 109 Å². The maximum atomic E-state index is 11.6. The van der Waals surface area contributed by atoms with Crippen LogP contribution in [0.4, 0.5) is 11.4 Å². The Morgan fingerprint density at radius 3 is 2.56 bits per heavy atom. The first-order valence-electron chi connectivity index (χ1n) is 6.45. The summed E-state index contributed by atoms with van der Waals surface area (Å²) in [7, 11) is 0. The number of anilines is 2. The SMILES string of the molecule is CCCCOCCCC(=O)Nc1ccc(N)cc1. The Morgan fingerprint density at radius 2 is 1.89 bits per heavy atom. The van der Waals surface area contributed by atoms with Gasteiger partial charge in [-0.1, -0.05) is 13.3 Å². The molecule has 1 rings (SSSR count). The molecular formula is C14H22N2O2. The maximum absolute atomic E-state index is 11.6. The van der Waals surface area contributed by atoms with Crippen molar-refractivity contribution in [1.82, 2.24) is 0 Å². The average molecular weight is 250 g/mol. The highest BCUT2D eigenvalue weighted by Crippen LogP contribution is 2.10. The number of amides is 1. The van der Waals surface area contributed by atoms with Crippen molar-refractivity contribution in [3.05, 3.63) is 24.3 Å². The molecule has 0 bridgehead atoms. The standard InChI is InChI=1S/C14H22N2O2/c1-2-3-10-18-11-4-5-14(17)16-13-8-6-12(15)7-9-13/h6-9H,2-5,10-11,15H2,1H3,(H,16,17). The molecule has 4 heteroatoms. The van der Waals surface area contributed by atoms with Crippen LogP contribution in [0.1, 0.15) is 32.6 Å². The van der Waals surface area contributed by atoms with Gasteiger partial charge in [0.1, 0.15) is 0 Å². The molecule has 0 atom stereocenters. The number of carbonyl (C=O) groups excluding carboxylic acids is 1. The molecule has 0 radical (unpaired) electrons. The number of benzene rings is 1. The van der Waals surface area contributed by atoms with Gasteiger partial charge < -0.3 is 15.8 Å². The molecule has 0 saturated heterocycles. The molecule has 0 saturated carbocycles. The minimum absolute atomic E-state index is 0.0128. The fourth-order valence-corrected chi connectivity index (χ4v) is 1.47. The average Bonchev–Trinajstić information content (AvgIpc) is 2.36. The molecule has 1 amide bonds. The van der Waals surface area contributed by atoms with E-state index in [1.165, 1.54) is 0 Å². The van der Waals surface area contributed by atoms with Gasteiger partial charge >= 0.3 is 0 Å². The van der Waals surface area contributed by atoms with Gasteiger partial charge in [-0.25, -0.2) is 0 Å². The van der Waals surface area contributed by atoms with Crippen LogP contribution in [0.15, 0.2) is 24.3 Å². The lowest BCUT2D eigenvalue weighted by Crippen LogP contribution is -2.12. The molecule has 0 aliphatic heterocycles. The summed E-state index contributed by atoms with van der Waals surface area (Å²) in [6.07, 6.45) is 3.45. The fraction of sp³-hybridized carbons (Fsp3) is 0.500. The van der Waals surface area contributed by atoms with Crippen LogP contribution < -0.4 is 11.1 Å². The number of rotatable bonds is 8. The first-order chi connectivity index (χ1) is 8.72. The summed E-state index contributed by atoms with van der Waals surface area (Å²) in [6, 6.07) is 7.13. The van der Waals surface area contributed by atoms with Crippen molar-refractivity contribution in [2.45, 2.75) is 32.6 Å². The van der Waals surface area contributed by atoms with Gasteiger partial charge in [0.25, 0.3) is 0 Å². The van der Waals surface area contributed by atoms with Crippen molar-refractivity contribution in [1.29, 1.82) is 0 Å². The summed E-state index contributed by atoms with van der Waals surface area (Å²) in [5.41, 5.74) is 7.04. The van der Waals surface area contributed by atoms with E-state index in [-0.39, 0.29) is 5.91 Å². The third kappa shape index (κ3) is 6.25.